The van der Waals surface area contributed by atoms with E-state index in [1.165, 1.54) is 0 Å². The zero-order valence-electron chi connectivity index (χ0n) is 8.12. The summed E-state index contributed by atoms with van der Waals surface area (Å²) in [4.78, 5) is 6.04. The van der Waals surface area contributed by atoms with E-state index >= 15 is 0 Å². The molecule has 0 aromatic carbocycles. The van der Waals surface area contributed by atoms with Gasteiger partial charge in [0.05, 0.1) is 0 Å². The largest absolute Gasteiger partial charge is 0.366 e. The molecule has 0 unspecified atom stereocenters. The Balaban J connectivity index is 2.64. The van der Waals surface area contributed by atoms with Crippen LogP contribution < -0.4 is 5.32 Å². The standard InChI is InChI=1S/C9H12BrN3S/c1-11-9(14)13(2)6-7-3-8(10)5-12-4-7/h3-5H,6H2,1-2H3,(H,11,14). The number of hydrogen-bond donors (Lipinski definition) is 1. The number of halogens is 1. The number of nitrogens with one attached hydrogen (secondary N) is 1. The Labute approximate surface area is 97.6 Å². The van der Waals surface area contributed by atoms with Crippen LogP contribution in [0.2, 0.25) is 0 Å². The highest BCUT2D eigenvalue weighted by molar-refractivity contribution is 9.10. The third-order valence-electron chi connectivity index (χ3n) is 1.74. The second-order valence-corrected chi connectivity index (χ2v) is 4.22. The molecular formula is C9H12BrN3S. The van der Waals surface area contributed by atoms with Crippen LogP contribution in [-0.4, -0.2) is 29.1 Å². The van der Waals surface area contributed by atoms with Gasteiger partial charge in [0.15, 0.2) is 5.11 Å². The predicted molar refractivity (Wildman–Crippen MR) is 65.1 cm³/mol. The van der Waals surface area contributed by atoms with Crippen LogP contribution >= 0.6 is 28.1 Å². The fourth-order valence-corrected chi connectivity index (χ4v) is 1.56. The monoisotopic (exact) mass is 273 g/mol. The molecule has 0 aliphatic carbocycles. The fraction of sp³-hybridized carbons (Fsp3) is 0.333. The van der Waals surface area contributed by atoms with Gasteiger partial charge in [0.25, 0.3) is 0 Å². The summed E-state index contributed by atoms with van der Waals surface area (Å²) in [7, 11) is 3.76. The molecule has 0 saturated heterocycles. The average molecular weight is 274 g/mol. The van der Waals surface area contributed by atoms with Gasteiger partial charge >= 0.3 is 0 Å². The van der Waals surface area contributed by atoms with Crippen molar-refractivity contribution < 1.29 is 0 Å². The Bertz CT molecular complexity index is 330. The molecule has 5 heteroatoms. The summed E-state index contributed by atoms with van der Waals surface area (Å²) >= 11 is 8.47. The third-order valence-corrected chi connectivity index (χ3v) is 2.69. The second kappa shape index (κ2) is 5.26. The van der Waals surface area contributed by atoms with E-state index in [2.05, 4.69) is 26.2 Å². The molecule has 0 radical (unpaired) electrons. The molecule has 1 heterocycles. The minimum atomic E-state index is 0.727. The number of pyridine rings is 1. The zero-order valence-corrected chi connectivity index (χ0v) is 10.5. The molecule has 0 atom stereocenters. The smallest absolute Gasteiger partial charge is 0.168 e. The molecule has 0 saturated carbocycles. The van der Waals surface area contributed by atoms with Gasteiger partial charge in [0.1, 0.15) is 0 Å². The Hall–Kier alpha value is -0.680. The molecular weight excluding hydrogens is 262 g/mol. The molecule has 1 rings (SSSR count). The number of nitrogens with zero attached hydrogens (tertiary/aromatic N) is 2. The summed E-state index contributed by atoms with van der Waals surface area (Å²) in [6.07, 6.45) is 3.60. The van der Waals surface area contributed by atoms with Crippen molar-refractivity contribution in [2.45, 2.75) is 6.54 Å². The lowest BCUT2D eigenvalue weighted by Gasteiger charge is -2.19. The molecule has 0 aliphatic heterocycles. The van der Waals surface area contributed by atoms with Gasteiger partial charge in [-0.05, 0) is 39.8 Å². The summed E-state index contributed by atoms with van der Waals surface area (Å²) in [6, 6.07) is 2.03. The van der Waals surface area contributed by atoms with Crippen LogP contribution in [0.25, 0.3) is 0 Å². The van der Waals surface area contributed by atoms with E-state index in [0.717, 1.165) is 21.7 Å². The van der Waals surface area contributed by atoms with Crippen LogP contribution in [0.15, 0.2) is 22.9 Å². The van der Waals surface area contributed by atoms with E-state index in [4.69, 9.17) is 12.2 Å². The number of hydrogen-bond acceptors (Lipinski definition) is 2. The number of aromatic nitrogens is 1. The van der Waals surface area contributed by atoms with Gasteiger partial charge < -0.3 is 10.2 Å². The van der Waals surface area contributed by atoms with Crippen molar-refractivity contribution in [3.63, 3.8) is 0 Å². The van der Waals surface area contributed by atoms with Crippen molar-refractivity contribution in [1.29, 1.82) is 0 Å². The first kappa shape index (κ1) is 11.4. The molecule has 1 aromatic rings. The highest BCUT2D eigenvalue weighted by atomic mass is 79.9. The summed E-state index contributed by atoms with van der Waals surface area (Å²) in [5.41, 5.74) is 1.12. The normalized spacial score (nSPS) is 9.64. The fourth-order valence-electron chi connectivity index (χ4n) is 1.08. The van der Waals surface area contributed by atoms with Crippen LogP contribution in [0.4, 0.5) is 0 Å². The first-order valence-corrected chi connectivity index (χ1v) is 5.36. The molecule has 0 spiro atoms. The highest BCUT2D eigenvalue weighted by Gasteiger charge is 2.03. The van der Waals surface area contributed by atoms with Gasteiger partial charge in [0, 0.05) is 37.5 Å². The Morgan fingerprint density at radius 2 is 2.36 bits per heavy atom. The first-order chi connectivity index (χ1) is 6.63. The maximum Gasteiger partial charge on any atom is 0.168 e. The molecule has 0 fully saturated rings. The van der Waals surface area contributed by atoms with E-state index in [1.54, 1.807) is 6.20 Å². The molecule has 0 bridgehead atoms. The van der Waals surface area contributed by atoms with Crippen molar-refractivity contribution in [1.82, 2.24) is 15.2 Å². The van der Waals surface area contributed by atoms with E-state index in [1.807, 2.05) is 31.3 Å². The topological polar surface area (TPSA) is 28.2 Å². The highest BCUT2D eigenvalue weighted by Crippen LogP contribution is 2.10. The van der Waals surface area contributed by atoms with Gasteiger partial charge in [-0.3, -0.25) is 4.98 Å². The van der Waals surface area contributed by atoms with E-state index in [0.29, 0.717) is 0 Å². The Morgan fingerprint density at radius 3 is 2.93 bits per heavy atom. The average Bonchev–Trinajstić information content (AvgIpc) is 2.16. The molecule has 0 amide bonds. The SMILES string of the molecule is CNC(=S)N(C)Cc1cncc(Br)c1. The summed E-state index contributed by atoms with van der Waals surface area (Å²) in [6.45, 7) is 0.756. The van der Waals surface area contributed by atoms with Crippen LogP contribution in [-0.2, 0) is 6.54 Å². The minimum Gasteiger partial charge on any atom is -0.366 e. The van der Waals surface area contributed by atoms with Gasteiger partial charge in [-0.25, -0.2) is 0 Å². The second-order valence-electron chi connectivity index (χ2n) is 2.92. The van der Waals surface area contributed by atoms with Crippen LogP contribution in [0.5, 0.6) is 0 Å². The Morgan fingerprint density at radius 1 is 1.64 bits per heavy atom. The van der Waals surface area contributed by atoms with Crippen molar-refractivity contribution >= 4 is 33.3 Å². The van der Waals surface area contributed by atoms with Gasteiger partial charge in [0.2, 0.25) is 0 Å². The first-order valence-electron chi connectivity index (χ1n) is 4.15. The Kier molecular flexibility index (Phi) is 4.28. The van der Waals surface area contributed by atoms with Crippen molar-refractivity contribution in [3.8, 4) is 0 Å². The predicted octanol–water partition coefficient (Wildman–Crippen LogP) is 1.78. The molecule has 3 nitrogen and oxygen atoms in total. The molecule has 1 aromatic heterocycles. The lowest BCUT2D eigenvalue weighted by atomic mass is 10.3. The van der Waals surface area contributed by atoms with Crippen molar-refractivity contribution in [3.05, 3.63) is 28.5 Å². The quantitative estimate of drug-likeness (QED) is 0.832. The van der Waals surface area contributed by atoms with Crippen LogP contribution in [0.3, 0.4) is 0 Å². The number of thiocarbonyl (C=S) groups is 1. The maximum atomic E-state index is 5.09. The van der Waals surface area contributed by atoms with Crippen molar-refractivity contribution in [2.75, 3.05) is 14.1 Å². The van der Waals surface area contributed by atoms with E-state index in [-0.39, 0.29) is 0 Å². The van der Waals surface area contributed by atoms with E-state index < -0.39 is 0 Å². The van der Waals surface area contributed by atoms with Gasteiger partial charge in [-0.1, -0.05) is 0 Å². The van der Waals surface area contributed by atoms with Gasteiger partial charge in [-0.2, -0.15) is 0 Å². The number of rotatable bonds is 2. The van der Waals surface area contributed by atoms with Gasteiger partial charge in [-0.15, -0.1) is 0 Å². The lowest BCUT2D eigenvalue weighted by Crippen LogP contribution is -2.34. The molecule has 76 valence electrons. The van der Waals surface area contributed by atoms with E-state index in [9.17, 15) is 0 Å². The lowest BCUT2D eigenvalue weighted by molar-refractivity contribution is 0.494. The summed E-state index contributed by atoms with van der Waals surface area (Å²) in [5, 5.41) is 3.65. The maximum absolute atomic E-state index is 5.09. The minimum absolute atomic E-state index is 0.727. The summed E-state index contributed by atoms with van der Waals surface area (Å²) < 4.78 is 0.985. The molecule has 1 N–H and O–H groups in total. The van der Waals surface area contributed by atoms with Crippen LogP contribution in [0.1, 0.15) is 5.56 Å². The van der Waals surface area contributed by atoms with Crippen molar-refractivity contribution in [2.24, 2.45) is 0 Å². The summed E-state index contributed by atoms with van der Waals surface area (Å²) in [5.74, 6) is 0. The molecule has 14 heavy (non-hydrogen) atoms. The molecule has 0 aliphatic rings. The third kappa shape index (κ3) is 3.23. The zero-order chi connectivity index (χ0) is 10.6. The van der Waals surface area contributed by atoms with Crippen LogP contribution in [0, 0.1) is 0 Å².